The molecular formula is C17H15ClN6O4S2. The van der Waals surface area contributed by atoms with Crippen molar-refractivity contribution in [1.82, 2.24) is 14.8 Å². The molecule has 3 aromatic rings. The number of thiophene rings is 1. The number of rotatable bonds is 9. The van der Waals surface area contributed by atoms with Crippen LogP contribution >= 0.6 is 34.7 Å². The number of hydrogen-bond acceptors (Lipinski definition) is 8. The third-order valence-electron chi connectivity index (χ3n) is 3.81. The van der Waals surface area contributed by atoms with Gasteiger partial charge in [-0.05, 0) is 17.5 Å². The van der Waals surface area contributed by atoms with Crippen molar-refractivity contribution in [2.75, 3.05) is 11.1 Å². The number of primary amides is 1. The Morgan fingerprint density at radius 1 is 1.33 bits per heavy atom. The lowest BCUT2D eigenvalue weighted by atomic mass is 10.3. The molecule has 2 amide bonds. The van der Waals surface area contributed by atoms with Gasteiger partial charge in [-0.15, -0.1) is 21.5 Å². The molecule has 30 heavy (non-hydrogen) atoms. The Labute approximate surface area is 183 Å². The molecular weight excluding hydrogens is 452 g/mol. The van der Waals surface area contributed by atoms with Crippen LogP contribution in [0.4, 0.5) is 11.4 Å². The summed E-state index contributed by atoms with van der Waals surface area (Å²) in [5, 5.41) is 24.1. The number of halogens is 1. The molecule has 0 aliphatic rings. The number of benzene rings is 1. The number of aromatic nitrogens is 3. The lowest BCUT2D eigenvalue weighted by molar-refractivity contribution is -0.384. The van der Waals surface area contributed by atoms with Gasteiger partial charge in [0, 0.05) is 25.1 Å². The maximum absolute atomic E-state index is 12.3. The van der Waals surface area contributed by atoms with Crippen molar-refractivity contribution in [2.45, 2.75) is 18.1 Å². The zero-order valence-electron chi connectivity index (χ0n) is 15.3. The van der Waals surface area contributed by atoms with E-state index in [-0.39, 0.29) is 41.0 Å². The molecule has 0 atom stereocenters. The molecule has 0 bridgehead atoms. The topological polar surface area (TPSA) is 146 Å². The van der Waals surface area contributed by atoms with Gasteiger partial charge < -0.3 is 15.6 Å². The molecule has 0 aliphatic carbocycles. The van der Waals surface area contributed by atoms with Crippen molar-refractivity contribution in [3.8, 4) is 10.7 Å². The van der Waals surface area contributed by atoms with E-state index >= 15 is 0 Å². The molecule has 0 unspecified atom stereocenters. The Morgan fingerprint density at radius 2 is 2.13 bits per heavy atom. The van der Waals surface area contributed by atoms with E-state index < -0.39 is 10.8 Å². The number of nitrogens with two attached hydrogens (primary N) is 1. The van der Waals surface area contributed by atoms with Crippen LogP contribution < -0.4 is 11.1 Å². The monoisotopic (exact) mass is 466 g/mol. The smallest absolute Gasteiger partial charge is 0.271 e. The second kappa shape index (κ2) is 9.69. The van der Waals surface area contributed by atoms with E-state index in [4.69, 9.17) is 17.3 Å². The molecule has 0 fully saturated rings. The van der Waals surface area contributed by atoms with E-state index in [9.17, 15) is 19.7 Å². The van der Waals surface area contributed by atoms with Gasteiger partial charge in [0.05, 0.1) is 26.3 Å². The number of amides is 2. The molecule has 156 valence electrons. The number of nitrogens with one attached hydrogen (secondary N) is 1. The van der Waals surface area contributed by atoms with E-state index in [2.05, 4.69) is 15.5 Å². The summed E-state index contributed by atoms with van der Waals surface area (Å²) in [6, 6.07) is 7.54. The highest BCUT2D eigenvalue weighted by molar-refractivity contribution is 7.99. The highest BCUT2D eigenvalue weighted by atomic mass is 35.5. The van der Waals surface area contributed by atoms with Gasteiger partial charge in [0.25, 0.3) is 5.69 Å². The van der Waals surface area contributed by atoms with E-state index in [1.54, 1.807) is 4.57 Å². The van der Waals surface area contributed by atoms with Crippen LogP contribution in [0.5, 0.6) is 0 Å². The molecule has 13 heteroatoms. The fraction of sp³-hybridized carbons (Fsp3) is 0.176. The summed E-state index contributed by atoms with van der Waals surface area (Å²) in [4.78, 5) is 34.6. The Bertz CT molecular complexity index is 1090. The zero-order chi connectivity index (χ0) is 21.7. The molecule has 2 heterocycles. The number of nitrogens with zero attached hydrogens (tertiary/aromatic N) is 4. The Kier molecular flexibility index (Phi) is 7.03. The summed E-state index contributed by atoms with van der Waals surface area (Å²) in [7, 11) is 0. The summed E-state index contributed by atoms with van der Waals surface area (Å²) in [5.41, 5.74) is 5.36. The van der Waals surface area contributed by atoms with E-state index in [1.807, 2.05) is 17.5 Å². The van der Waals surface area contributed by atoms with E-state index in [0.29, 0.717) is 11.0 Å². The molecule has 0 saturated carbocycles. The first-order chi connectivity index (χ1) is 14.3. The highest BCUT2D eigenvalue weighted by Gasteiger charge is 2.18. The first-order valence-corrected chi connectivity index (χ1v) is 10.7. The van der Waals surface area contributed by atoms with E-state index in [0.717, 1.165) is 22.7 Å². The summed E-state index contributed by atoms with van der Waals surface area (Å²) in [6.45, 7) is 0.285. The SMILES string of the molecule is NC(=O)CCn1c(SCC(=O)Nc2ccc([N+](=O)[O-])cc2Cl)nnc1-c1cccs1. The van der Waals surface area contributed by atoms with Crippen LogP contribution in [0.3, 0.4) is 0 Å². The number of hydrogen-bond donors (Lipinski definition) is 2. The Hall–Kier alpha value is -2.96. The molecule has 2 aromatic heterocycles. The van der Waals surface area contributed by atoms with Gasteiger partial charge >= 0.3 is 0 Å². The van der Waals surface area contributed by atoms with Crippen molar-refractivity contribution in [3.05, 3.63) is 50.8 Å². The van der Waals surface area contributed by atoms with Crippen molar-refractivity contribution in [2.24, 2.45) is 5.73 Å². The number of thioether (sulfide) groups is 1. The van der Waals surface area contributed by atoms with Crippen LogP contribution in [0, 0.1) is 10.1 Å². The molecule has 0 aliphatic heterocycles. The number of nitro benzene ring substituents is 1. The molecule has 3 rings (SSSR count). The molecule has 1 aromatic carbocycles. The summed E-state index contributed by atoms with van der Waals surface area (Å²) in [6.07, 6.45) is 0.106. The maximum atomic E-state index is 12.3. The van der Waals surface area contributed by atoms with Gasteiger partial charge in [-0.1, -0.05) is 29.4 Å². The van der Waals surface area contributed by atoms with Gasteiger partial charge in [0.2, 0.25) is 11.8 Å². The van der Waals surface area contributed by atoms with Crippen molar-refractivity contribution >= 4 is 57.9 Å². The van der Waals surface area contributed by atoms with Crippen molar-refractivity contribution in [3.63, 3.8) is 0 Å². The second-order valence-electron chi connectivity index (χ2n) is 5.91. The quantitative estimate of drug-likeness (QED) is 0.279. The second-order valence-corrected chi connectivity index (χ2v) is 8.21. The normalized spacial score (nSPS) is 10.7. The van der Waals surface area contributed by atoms with Crippen LogP contribution in [-0.4, -0.2) is 37.3 Å². The standard InChI is InChI=1S/C17H15ClN6O4S2/c18-11-8-10(24(27)28)3-4-12(11)20-15(26)9-30-17-22-21-16(13-2-1-7-29-13)23(17)6-5-14(19)25/h1-4,7-8H,5-6,9H2,(H2,19,25)(H,20,26). The lowest BCUT2D eigenvalue weighted by Crippen LogP contribution is -2.16. The van der Waals surface area contributed by atoms with Gasteiger partial charge in [0.15, 0.2) is 11.0 Å². The minimum absolute atomic E-state index is 0.00748. The van der Waals surface area contributed by atoms with Crippen molar-refractivity contribution in [1.29, 1.82) is 0 Å². The fourth-order valence-corrected chi connectivity index (χ4v) is 4.15. The van der Waals surface area contributed by atoms with Crippen molar-refractivity contribution < 1.29 is 14.5 Å². The fourth-order valence-electron chi connectivity index (χ4n) is 2.44. The predicted molar refractivity (Wildman–Crippen MR) is 115 cm³/mol. The minimum atomic E-state index is -0.572. The summed E-state index contributed by atoms with van der Waals surface area (Å²) >= 11 is 8.61. The van der Waals surface area contributed by atoms with E-state index in [1.165, 1.54) is 23.5 Å². The van der Waals surface area contributed by atoms with Crippen LogP contribution in [0.1, 0.15) is 6.42 Å². The number of nitro groups is 1. The van der Waals surface area contributed by atoms with Gasteiger partial charge in [-0.25, -0.2) is 0 Å². The molecule has 10 nitrogen and oxygen atoms in total. The van der Waals surface area contributed by atoms with Crippen LogP contribution in [0.25, 0.3) is 10.7 Å². The molecule has 3 N–H and O–H groups in total. The van der Waals surface area contributed by atoms with Gasteiger partial charge in [-0.3, -0.25) is 19.7 Å². The first kappa shape index (κ1) is 21.7. The maximum Gasteiger partial charge on any atom is 0.271 e. The molecule has 0 spiro atoms. The average Bonchev–Trinajstić information content (AvgIpc) is 3.35. The summed E-state index contributed by atoms with van der Waals surface area (Å²) in [5.74, 6) is -0.250. The molecule has 0 saturated heterocycles. The summed E-state index contributed by atoms with van der Waals surface area (Å²) < 4.78 is 1.74. The third kappa shape index (κ3) is 5.34. The molecule has 0 radical (unpaired) electrons. The van der Waals surface area contributed by atoms with Crippen LogP contribution in [-0.2, 0) is 16.1 Å². The first-order valence-electron chi connectivity index (χ1n) is 8.47. The Balaban J connectivity index is 1.69. The van der Waals surface area contributed by atoms with Crippen LogP contribution in [0.2, 0.25) is 5.02 Å². The largest absolute Gasteiger partial charge is 0.370 e. The number of carbonyl (C=O) groups excluding carboxylic acids is 2. The average molecular weight is 467 g/mol. The van der Waals surface area contributed by atoms with Gasteiger partial charge in [-0.2, -0.15) is 0 Å². The third-order valence-corrected chi connectivity index (χ3v) is 5.96. The van der Waals surface area contributed by atoms with Gasteiger partial charge in [0.1, 0.15) is 0 Å². The highest BCUT2D eigenvalue weighted by Crippen LogP contribution is 2.29. The minimum Gasteiger partial charge on any atom is -0.370 e. The number of anilines is 1. The van der Waals surface area contributed by atoms with Crippen LogP contribution in [0.15, 0.2) is 40.9 Å². The zero-order valence-corrected chi connectivity index (χ0v) is 17.7. The number of non-ortho nitro benzene ring substituents is 1. The Morgan fingerprint density at radius 3 is 2.77 bits per heavy atom. The predicted octanol–water partition coefficient (Wildman–Crippen LogP) is 3.17. The lowest BCUT2D eigenvalue weighted by Gasteiger charge is -2.09. The number of carbonyl (C=O) groups is 2.